The predicted octanol–water partition coefficient (Wildman–Crippen LogP) is 2.16. The fourth-order valence-electron chi connectivity index (χ4n) is 1.87. The highest BCUT2D eigenvalue weighted by atomic mass is 16.4. The SMILES string of the molecule is CCC(CC)NC(=O)C(C)NC(C)(C)C(C)(C)C(=O)O. The van der Waals surface area contributed by atoms with Crippen molar-refractivity contribution in [2.45, 2.75) is 78.9 Å². The quantitative estimate of drug-likeness (QED) is 0.639. The van der Waals surface area contributed by atoms with Gasteiger partial charge in [0.25, 0.3) is 0 Å². The maximum Gasteiger partial charge on any atom is 0.310 e. The Labute approximate surface area is 122 Å². The molecule has 0 aromatic rings. The number of carbonyl (C=O) groups excluding carboxylic acids is 1. The smallest absolute Gasteiger partial charge is 0.310 e. The molecule has 0 aromatic heterocycles. The molecule has 0 rings (SSSR count). The number of nitrogens with one attached hydrogen (secondary N) is 2. The Kier molecular flexibility index (Phi) is 6.68. The first-order valence-corrected chi connectivity index (χ1v) is 7.31. The van der Waals surface area contributed by atoms with Crippen molar-refractivity contribution in [2.24, 2.45) is 5.41 Å². The fraction of sp³-hybridized carbons (Fsp3) is 0.867. The van der Waals surface area contributed by atoms with Crippen LogP contribution in [-0.2, 0) is 9.59 Å². The van der Waals surface area contributed by atoms with E-state index in [4.69, 9.17) is 0 Å². The molecular weight excluding hydrogens is 256 g/mol. The molecule has 0 fully saturated rings. The van der Waals surface area contributed by atoms with E-state index in [0.717, 1.165) is 12.8 Å². The molecule has 0 aromatic carbocycles. The highest BCUT2D eigenvalue weighted by molar-refractivity contribution is 5.82. The third-order valence-corrected chi connectivity index (χ3v) is 4.40. The van der Waals surface area contributed by atoms with Gasteiger partial charge in [0.05, 0.1) is 11.5 Å². The minimum absolute atomic E-state index is 0.0898. The lowest BCUT2D eigenvalue weighted by Gasteiger charge is -2.40. The number of hydrogen-bond acceptors (Lipinski definition) is 3. The van der Waals surface area contributed by atoms with Gasteiger partial charge < -0.3 is 10.4 Å². The van der Waals surface area contributed by atoms with Crippen LogP contribution in [0, 0.1) is 5.41 Å². The number of carboxylic acids is 1. The van der Waals surface area contributed by atoms with E-state index in [9.17, 15) is 14.7 Å². The van der Waals surface area contributed by atoms with Crippen LogP contribution in [0.3, 0.4) is 0 Å². The van der Waals surface area contributed by atoms with Crippen LogP contribution in [-0.4, -0.2) is 34.6 Å². The largest absolute Gasteiger partial charge is 0.481 e. The molecule has 1 amide bonds. The summed E-state index contributed by atoms with van der Waals surface area (Å²) in [6.07, 6.45) is 1.78. The lowest BCUT2D eigenvalue weighted by atomic mass is 9.74. The lowest BCUT2D eigenvalue weighted by Crippen LogP contribution is -2.60. The molecule has 0 heterocycles. The molecule has 1 atom stereocenters. The molecule has 0 spiro atoms. The predicted molar refractivity (Wildman–Crippen MR) is 80.6 cm³/mol. The Morgan fingerprint density at radius 3 is 1.90 bits per heavy atom. The maximum absolute atomic E-state index is 12.1. The van der Waals surface area contributed by atoms with Gasteiger partial charge in [-0.1, -0.05) is 13.8 Å². The lowest BCUT2D eigenvalue weighted by molar-refractivity contribution is -0.151. The maximum atomic E-state index is 12.1. The number of carbonyl (C=O) groups is 2. The number of rotatable bonds is 8. The Hall–Kier alpha value is -1.10. The van der Waals surface area contributed by atoms with E-state index >= 15 is 0 Å². The van der Waals surface area contributed by atoms with Gasteiger partial charge in [-0.3, -0.25) is 14.9 Å². The van der Waals surface area contributed by atoms with Crippen molar-refractivity contribution in [1.29, 1.82) is 0 Å². The van der Waals surface area contributed by atoms with Crippen molar-refractivity contribution in [2.75, 3.05) is 0 Å². The molecule has 0 saturated carbocycles. The van der Waals surface area contributed by atoms with Gasteiger partial charge in [0.15, 0.2) is 0 Å². The van der Waals surface area contributed by atoms with E-state index in [1.165, 1.54) is 0 Å². The molecule has 5 heteroatoms. The van der Waals surface area contributed by atoms with Crippen LogP contribution in [0.4, 0.5) is 0 Å². The van der Waals surface area contributed by atoms with Crippen LogP contribution in [0.1, 0.15) is 61.3 Å². The summed E-state index contributed by atoms with van der Waals surface area (Å²) in [5, 5.41) is 15.4. The molecule has 20 heavy (non-hydrogen) atoms. The van der Waals surface area contributed by atoms with Crippen molar-refractivity contribution in [1.82, 2.24) is 10.6 Å². The number of amides is 1. The summed E-state index contributed by atoms with van der Waals surface area (Å²) in [5.41, 5.74) is -1.68. The minimum Gasteiger partial charge on any atom is -0.481 e. The average molecular weight is 286 g/mol. The Balaban J connectivity index is 4.78. The molecule has 118 valence electrons. The first kappa shape index (κ1) is 18.9. The third kappa shape index (κ3) is 4.47. The van der Waals surface area contributed by atoms with Crippen molar-refractivity contribution >= 4 is 11.9 Å². The Morgan fingerprint density at radius 1 is 1.10 bits per heavy atom. The number of aliphatic carboxylic acids is 1. The fourth-order valence-corrected chi connectivity index (χ4v) is 1.87. The monoisotopic (exact) mass is 286 g/mol. The number of carboxylic acid groups (broad SMARTS) is 1. The second-order valence-corrected chi connectivity index (χ2v) is 6.44. The molecular formula is C15H30N2O3. The summed E-state index contributed by atoms with van der Waals surface area (Å²) in [6.45, 7) is 12.8. The summed E-state index contributed by atoms with van der Waals surface area (Å²) in [6, 6.07) is -0.272. The first-order valence-electron chi connectivity index (χ1n) is 7.31. The van der Waals surface area contributed by atoms with Crippen LogP contribution in [0.2, 0.25) is 0 Å². The zero-order valence-electron chi connectivity index (χ0n) is 13.8. The standard InChI is InChI=1S/C15H30N2O3/c1-8-11(9-2)16-12(18)10(3)17-15(6,7)14(4,5)13(19)20/h10-11,17H,8-9H2,1-7H3,(H,16,18)(H,19,20). The summed E-state index contributed by atoms with van der Waals surface area (Å²) in [7, 11) is 0. The first-order chi connectivity index (χ1) is 8.99. The molecule has 0 radical (unpaired) electrons. The minimum atomic E-state index is -0.976. The molecule has 0 aliphatic rings. The van der Waals surface area contributed by atoms with Crippen molar-refractivity contribution < 1.29 is 14.7 Å². The molecule has 0 aliphatic carbocycles. The van der Waals surface area contributed by atoms with Gasteiger partial charge in [-0.15, -0.1) is 0 Å². The zero-order valence-corrected chi connectivity index (χ0v) is 13.8. The average Bonchev–Trinajstić information content (AvgIpc) is 2.34. The molecule has 1 unspecified atom stereocenters. The molecule has 5 nitrogen and oxygen atoms in total. The second-order valence-electron chi connectivity index (χ2n) is 6.44. The normalized spacial score (nSPS) is 14.2. The van der Waals surface area contributed by atoms with E-state index in [2.05, 4.69) is 10.6 Å². The summed E-state index contributed by atoms with van der Waals surface area (Å²) in [5.74, 6) is -0.976. The van der Waals surface area contributed by atoms with Crippen molar-refractivity contribution in [3.05, 3.63) is 0 Å². The molecule has 0 bridgehead atoms. The van der Waals surface area contributed by atoms with Crippen LogP contribution >= 0.6 is 0 Å². The van der Waals surface area contributed by atoms with Gasteiger partial charge in [0.2, 0.25) is 5.91 Å². The van der Waals surface area contributed by atoms with Crippen LogP contribution < -0.4 is 10.6 Å². The van der Waals surface area contributed by atoms with E-state index in [-0.39, 0.29) is 11.9 Å². The summed E-state index contributed by atoms with van der Waals surface area (Å²) >= 11 is 0. The Bertz CT molecular complexity index is 347. The van der Waals surface area contributed by atoms with Gasteiger partial charge in [-0.2, -0.15) is 0 Å². The van der Waals surface area contributed by atoms with Gasteiger partial charge in [0, 0.05) is 11.6 Å². The molecule has 0 aliphatic heterocycles. The van der Waals surface area contributed by atoms with Crippen LogP contribution in [0.5, 0.6) is 0 Å². The van der Waals surface area contributed by atoms with Crippen molar-refractivity contribution in [3.8, 4) is 0 Å². The molecule has 3 N–H and O–H groups in total. The topological polar surface area (TPSA) is 78.4 Å². The summed E-state index contributed by atoms with van der Waals surface area (Å²) < 4.78 is 0. The van der Waals surface area contributed by atoms with Gasteiger partial charge >= 0.3 is 5.97 Å². The van der Waals surface area contributed by atoms with Gasteiger partial charge in [-0.05, 0) is 47.5 Å². The summed E-state index contributed by atoms with van der Waals surface area (Å²) in [4.78, 5) is 23.5. The van der Waals surface area contributed by atoms with E-state index in [0.29, 0.717) is 0 Å². The van der Waals surface area contributed by atoms with Crippen LogP contribution in [0.25, 0.3) is 0 Å². The van der Waals surface area contributed by atoms with Gasteiger partial charge in [-0.25, -0.2) is 0 Å². The van der Waals surface area contributed by atoms with Crippen LogP contribution in [0.15, 0.2) is 0 Å². The highest BCUT2D eigenvalue weighted by Crippen LogP contribution is 2.31. The second kappa shape index (κ2) is 7.07. The van der Waals surface area contributed by atoms with E-state index in [1.807, 2.05) is 27.7 Å². The zero-order chi connectivity index (χ0) is 16.1. The third-order valence-electron chi connectivity index (χ3n) is 4.40. The van der Waals surface area contributed by atoms with Crippen molar-refractivity contribution in [3.63, 3.8) is 0 Å². The Morgan fingerprint density at radius 2 is 1.55 bits per heavy atom. The van der Waals surface area contributed by atoms with Gasteiger partial charge in [0.1, 0.15) is 0 Å². The van der Waals surface area contributed by atoms with E-state index < -0.39 is 23.0 Å². The highest BCUT2D eigenvalue weighted by Gasteiger charge is 2.44. The number of hydrogen-bond donors (Lipinski definition) is 3. The molecule has 0 saturated heterocycles. The van der Waals surface area contributed by atoms with E-state index in [1.54, 1.807) is 20.8 Å².